The van der Waals surface area contributed by atoms with Gasteiger partial charge >= 0.3 is 0 Å². The molecule has 0 N–H and O–H groups in total. The molecule has 0 unspecified atom stereocenters. The Morgan fingerprint density at radius 3 is 2.45 bits per heavy atom. The van der Waals surface area contributed by atoms with Crippen LogP contribution in [0.4, 0.5) is 0 Å². The molecule has 3 aromatic rings. The first-order valence-electron chi connectivity index (χ1n) is 10.7. The van der Waals surface area contributed by atoms with E-state index in [9.17, 15) is 14.7 Å². The van der Waals surface area contributed by atoms with Crippen molar-refractivity contribution in [1.82, 2.24) is 9.47 Å². The molecule has 2 atom stereocenters. The zero-order chi connectivity index (χ0) is 22.8. The van der Waals surface area contributed by atoms with E-state index in [0.717, 1.165) is 6.54 Å². The maximum absolute atomic E-state index is 12.9. The summed E-state index contributed by atoms with van der Waals surface area (Å²) in [7, 11) is 0. The quantitative estimate of drug-likeness (QED) is 0.403. The number of amides is 1. The van der Waals surface area contributed by atoms with Crippen LogP contribution in [0.15, 0.2) is 102 Å². The van der Waals surface area contributed by atoms with Crippen LogP contribution < -0.4 is 15.0 Å². The largest absolute Gasteiger partial charge is 0.543 e. The predicted molar refractivity (Wildman–Crippen MR) is 121 cm³/mol. The van der Waals surface area contributed by atoms with Gasteiger partial charge in [0.05, 0.1) is 17.0 Å². The summed E-state index contributed by atoms with van der Waals surface area (Å²) >= 11 is 1.54. The first-order chi connectivity index (χ1) is 16.1. The van der Waals surface area contributed by atoms with E-state index in [1.807, 2.05) is 82.5 Å². The number of carboxylic acid groups (broad SMARTS) is 1. The molecule has 0 aliphatic carbocycles. The van der Waals surface area contributed by atoms with Crippen LogP contribution in [-0.2, 0) is 22.7 Å². The van der Waals surface area contributed by atoms with Gasteiger partial charge in [0.2, 0.25) is 0 Å². The molecular formula is C25H22N4O3S. The van der Waals surface area contributed by atoms with Crippen LogP contribution in [0.25, 0.3) is 0 Å². The van der Waals surface area contributed by atoms with E-state index in [4.69, 9.17) is 0 Å². The Morgan fingerprint density at radius 1 is 1.06 bits per heavy atom. The maximum atomic E-state index is 12.9. The average molecular weight is 459 g/mol. The number of aromatic nitrogens is 2. The molecule has 2 aliphatic rings. The molecule has 0 bridgehead atoms. The summed E-state index contributed by atoms with van der Waals surface area (Å²) in [6.45, 7) is 1.15. The molecule has 2 aliphatic heterocycles. The van der Waals surface area contributed by atoms with Crippen LogP contribution in [0.3, 0.4) is 0 Å². The van der Waals surface area contributed by atoms with E-state index in [1.54, 1.807) is 11.8 Å². The number of carboxylic acids is 1. The number of nitrogens with zero attached hydrogens (tertiary/aromatic N) is 4. The van der Waals surface area contributed by atoms with Gasteiger partial charge in [-0.15, -0.1) is 11.8 Å². The van der Waals surface area contributed by atoms with Gasteiger partial charge in [-0.25, -0.2) is 4.57 Å². The molecule has 33 heavy (non-hydrogen) atoms. The van der Waals surface area contributed by atoms with Gasteiger partial charge in [0.15, 0.2) is 25.0 Å². The minimum Gasteiger partial charge on any atom is -0.543 e. The molecule has 7 nitrogen and oxygen atoms in total. The Hall–Kier alpha value is -3.65. The van der Waals surface area contributed by atoms with E-state index in [-0.39, 0.29) is 17.0 Å². The normalized spacial score (nSPS) is 19.6. The van der Waals surface area contributed by atoms with Gasteiger partial charge in [0.1, 0.15) is 5.37 Å². The molecule has 0 saturated carbocycles. The van der Waals surface area contributed by atoms with E-state index >= 15 is 0 Å². The van der Waals surface area contributed by atoms with Gasteiger partial charge in [-0.2, -0.15) is 0 Å². The van der Waals surface area contributed by atoms with Gasteiger partial charge in [-0.1, -0.05) is 36.4 Å². The van der Waals surface area contributed by atoms with Crippen molar-refractivity contribution in [3.05, 3.63) is 108 Å². The number of carbonyl (C=O) groups excluding carboxylic acids is 2. The topological polar surface area (TPSA) is 81.6 Å². The maximum Gasteiger partial charge on any atom is 0.255 e. The smallest absolute Gasteiger partial charge is 0.255 e. The lowest BCUT2D eigenvalue weighted by Gasteiger charge is -2.48. The number of pyridine rings is 2. The molecule has 4 heterocycles. The molecule has 0 spiro atoms. The SMILES string of the molecule is O=C([O-])C1=C(C[n+]2ccccc2)CS[C@@H]2[C@H](N=c3ccn(Cc4ccccc4)cc3)C(=O)N12. The van der Waals surface area contributed by atoms with Crippen LogP contribution >= 0.6 is 11.8 Å². The van der Waals surface area contributed by atoms with Crippen LogP contribution in [-0.4, -0.2) is 38.5 Å². The van der Waals surface area contributed by atoms with Crippen LogP contribution in [0, 0.1) is 0 Å². The van der Waals surface area contributed by atoms with Crippen LogP contribution in [0.5, 0.6) is 0 Å². The summed E-state index contributed by atoms with van der Waals surface area (Å²) in [6.07, 6.45) is 7.60. The summed E-state index contributed by atoms with van der Waals surface area (Å²) in [5.41, 5.74) is 1.85. The standard InChI is InChI=1S/C25H22N4O3S/c30-23-21(26-20-9-13-28(14-10-20)15-18-7-3-1-4-8-18)24-29(23)22(25(31)32)19(17-33-24)16-27-11-5-2-6-12-27/h1-14,21,24H,15-17H2/t21-,24-/m1/s1. The molecule has 0 radical (unpaired) electrons. The molecule has 1 fully saturated rings. The predicted octanol–water partition coefficient (Wildman–Crippen LogP) is 0.713. The van der Waals surface area contributed by atoms with Crippen molar-refractivity contribution in [2.45, 2.75) is 24.5 Å². The van der Waals surface area contributed by atoms with Crippen LogP contribution in [0.2, 0.25) is 0 Å². The van der Waals surface area contributed by atoms with Crippen LogP contribution in [0.1, 0.15) is 5.56 Å². The molecule has 5 rings (SSSR count). The molecule has 166 valence electrons. The highest BCUT2D eigenvalue weighted by molar-refractivity contribution is 8.00. The first-order valence-corrected chi connectivity index (χ1v) is 11.7. The van der Waals surface area contributed by atoms with Gasteiger partial charge < -0.3 is 14.5 Å². The Balaban J connectivity index is 1.34. The molecule has 1 saturated heterocycles. The number of benzene rings is 1. The average Bonchev–Trinajstić information content (AvgIpc) is 2.84. The van der Waals surface area contributed by atoms with Crippen molar-refractivity contribution >= 4 is 23.6 Å². The Labute approximate surface area is 195 Å². The highest BCUT2D eigenvalue weighted by Crippen LogP contribution is 2.41. The Bertz CT molecular complexity index is 1270. The second kappa shape index (κ2) is 9.07. The number of β-lactam (4-membered cyclic amide) rings is 1. The lowest BCUT2D eigenvalue weighted by Crippen LogP contribution is -2.65. The Morgan fingerprint density at radius 2 is 1.76 bits per heavy atom. The summed E-state index contributed by atoms with van der Waals surface area (Å²) in [5.74, 6) is -1.11. The fraction of sp³-hybridized carbons (Fsp3) is 0.200. The van der Waals surface area contributed by atoms with E-state index < -0.39 is 12.0 Å². The van der Waals surface area contributed by atoms with Crippen molar-refractivity contribution in [2.75, 3.05) is 5.75 Å². The number of carbonyl (C=O) groups is 2. The number of thioether (sulfide) groups is 1. The van der Waals surface area contributed by atoms with Crippen molar-refractivity contribution in [2.24, 2.45) is 4.99 Å². The van der Waals surface area contributed by atoms with Gasteiger partial charge in [-0.05, 0) is 17.7 Å². The minimum atomic E-state index is -1.32. The second-order valence-electron chi connectivity index (χ2n) is 7.99. The number of hydrogen-bond donors (Lipinski definition) is 0. The zero-order valence-corrected chi connectivity index (χ0v) is 18.6. The third kappa shape index (κ3) is 4.34. The number of fused-ring (bicyclic) bond motifs is 1. The monoisotopic (exact) mass is 458 g/mol. The number of rotatable bonds is 6. The highest BCUT2D eigenvalue weighted by atomic mass is 32.2. The number of aliphatic carboxylic acids is 1. The molecule has 8 heteroatoms. The van der Waals surface area contributed by atoms with E-state index in [2.05, 4.69) is 17.1 Å². The molecule has 1 amide bonds. The van der Waals surface area contributed by atoms with Gasteiger partial charge in [-0.3, -0.25) is 14.7 Å². The van der Waals surface area contributed by atoms with E-state index in [1.165, 1.54) is 10.5 Å². The van der Waals surface area contributed by atoms with Crippen molar-refractivity contribution in [1.29, 1.82) is 0 Å². The minimum absolute atomic E-state index is 0.0136. The van der Waals surface area contributed by atoms with E-state index in [0.29, 0.717) is 23.2 Å². The van der Waals surface area contributed by atoms with Gasteiger partial charge in [0, 0.05) is 42.4 Å². The number of hydrogen-bond acceptors (Lipinski definition) is 5. The molecule has 2 aromatic heterocycles. The molecular weight excluding hydrogens is 436 g/mol. The van der Waals surface area contributed by atoms with Gasteiger partial charge in [0.25, 0.3) is 5.91 Å². The lowest BCUT2D eigenvalue weighted by atomic mass is 10.0. The summed E-state index contributed by atoms with van der Waals surface area (Å²) in [4.78, 5) is 30.8. The summed E-state index contributed by atoms with van der Waals surface area (Å²) in [5, 5.41) is 12.3. The highest BCUT2D eigenvalue weighted by Gasteiger charge is 2.52. The second-order valence-corrected chi connectivity index (χ2v) is 9.09. The lowest BCUT2D eigenvalue weighted by molar-refractivity contribution is -0.689. The first kappa shape index (κ1) is 21.2. The molecule has 1 aromatic carbocycles. The Kier molecular flexibility index (Phi) is 5.83. The van der Waals surface area contributed by atoms with Crippen molar-refractivity contribution < 1.29 is 19.3 Å². The summed E-state index contributed by atoms with van der Waals surface area (Å²) < 4.78 is 3.93. The van der Waals surface area contributed by atoms with Crippen molar-refractivity contribution in [3.8, 4) is 0 Å². The third-order valence-electron chi connectivity index (χ3n) is 5.73. The third-order valence-corrected chi connectivity index (χ3v) is 7.06. The fourth-order valence-electron chi connectivity index (χ4n) is 4.11. The fourth-order valence-corrected chi connectivity index (χ4v) is 5.43. The van der Waals surface area contributed by atoms with Crippen molar-refractivity contribution in [3.63, 3.8) is 0 Å². The zero-order valence-electron chi connectivity index (χ0n) is 17.8. The summed E-state index contributed by atoms with van der Waals surface area (Å²) in [6, 6.07) is 19.0.